The SMILES string of the molecule is O=C(c1ccc(Cl)cc1Cl)c1ccccc1-c1ccccc1. The van der Waals surface area contributed by atoms with Crippen molar-refractivity contribution in [3.05, 3.63) is 94.0 Å². The van der Waals surface area contributed by atoms with Crippen LogP contribution in [0.2, 0.25) is 10.0 Å². The Balaban J connectivity index is 2.11. The molecular weight excluding hydrogens is 315 g/mol. The molecule has 0 aliphatic carbocycles. The fraction of sp³-hybridized carbons (Fsp3) is 0. The van der Waals surface area contributed by atoms with Crippen molar-refractivity contribution in [2.75, 3.05) is 0 Å². The Labute approximate surface area is 139 Å². The summed E-state index contributed by atoms with van der Waals surface area (Å²) in [5, 5.41) is 0.873. The normalized spacial score (nSPS) is 10.5. The predicted octanol–water partition coefficient (Wildman–Crippen LogP) is 5.89. The first-order chi connectivity index (χ1) is 10.7. The summed E-state index contributed by atoms with van der Waals surface area (Å²) < 4.78 is 0. The highest BCUT2D eigenvalue weighted by Crippen LogP contribution is 2.29. The van der Waals surface area contributed by atoms with E-state index >= 15 is 0 Å². The topological polar surface area (TPSA) is 17.1 Å². The third-order valence-corrected chi connectivity index (χ3v) is 3.98. The molecule has 0 amide bonds. The van der Waals surface area contributed by atoms with E-state index in [2.05, 4.69) is 0 Å². The van der Waals surface area contributed by atoms with Crippen molar-refractivity contribution in [1.29, 1.82) is 0 Å². The van der Waals surface area contributed by atoms with Crippen molar-refractivity contribution in [2.24, 2.45) is 0 Å². The van der Waals surface area contributed by atoms with Crippen LogP contribution in [-0.4, -0.2) is 5.78 Å². The van der Waals surface area contributed by atoms with Gasteiger partial charge in [0.1, 0.15) is 0 Å². The lowest BCUT2D eigenvalue weighted by atomic mass is 9.94. The quantitative estimate of drug-likeness (QED) is 0.548. The summed E-state index contributed by atoms with van der Waals surface area (Å²) in [5.74, 6) is -0.110. The van der Waals surface area contributed by atoms with Gasteiger partial charge in [0.25, 0.3) is 0 Å². The van der Waals surface area contributed by atoms with E-state index < -0.39 is 0 Å². The van der Waals surface area contributed by atoms with Gasteiger partial charge in [-0.05, 0) is 29.3 Å². The molecule has 0 aromatic heterocycles. The number of benzene rings is 3. The van der Waals surface area contributed by atoms with Gasteiger partial charge in [-0.2, -0.15) is 0 Å². The first-order valence-corrected chi connectivity index (χ1v) is 7.56. The molecule has 3 heteroatoms. The zero-order valence-electron chi connectivity index (χ0n) is 11.6. The molecule has 0 bridgehead atoms. The molecule has 0 atom stereocenters. The van der Waals surface area contributed by atoms with Crippen molar-refractivity contribution in [3.8, 4) is 11.1 Å². The molecule has 0 spiro atoms. The standard InChI is InChI=1S/C19H12Cl2O/c20-14-10-11-17(18(21)12-14)19(22)16-9-5-4-8-15(16)13-6-2-1-3-7-13/h1-12H. The third-order valence-electron chi connectivity index (χ3n) is 3.43. The molecule has 108 valence electrons. The van der Waals surface area contributed by atoms with Crippen molar-refractivity contribution in [1.82, 2.24) is 0 Å². The molecule has 0 unspecified atom stereocenters. The van der Waals surface area contributed by atoms with Gasteiger partial charge in [-0.25, -0.2) is 0 Å². The van der Waals surface area contributed by atoms with Gasteiger partial charge in [-0.15, -0.1) is 0 Å². The van der Waals surface area contributed by atoms with Crippen LogP contribution in [0.4, 0.5) is 0 Å². The minimum Gasteiger partial charge on any atom is -0.289 e. The smallest absolute Gasteiger partial charge is 0.195 e. The van der Waals surface area contributed by atoms with Gasteiger partial charge in [-0.1, -0.05) is 77.8 Å². The Morgan fingerprint density at radius 3 is 2.14 bits per heavy atom. The monoisotopic (exact) mass is 326 g/mol. The van der Waals surface area contributed by atoms with Crippen LogP contribution < -0.4 is 0 Å². The van der Waals surface area contributed by atoms with Crippen LogP contribution in [0.5, 0.6) is 0 Å². The van der Waals surface area contributed by atoms with Crippen LogP contribution in [0.15, 0.2) is 72.8 Å². The zero-order chi connectivity index (χ0) is 15.5. The number of rotatable bonds is 3. The molecule has 1 nitrogen and oxygen atoms in total. The molecule has 22 heavy (non-hydrogen) atoms. The number of hydrogen-bond donors (Lipinski definition) is 0. The molecule has 0 N–H and O–H groups in total. The van der Waals surface area contributed by atoms with Crippen LogP contribution >= 0.6 is 23.2 Å². The Hall–Kier alpha value is -2.09. The van der Waals surface area contributed by atoms with E-state index in [1.165, 1.54) is 0 Å². The first kappa shape index (κ1) is 14.8. The van der Waals surface area contributed by atoms with E-state index in [0.29, 0.717) is 21.2 Å². The van der Waals surface area contributed by atoms with Gasteiger partial charge < -0.3 is 0 Å². The van der Waals surface area contributed by atoms with Crippen LogP contribution in [0.25, 0.3) is 11.1 Å². The molecule has 0 aliphatic heterocycles. The van der Waals surface area contributed by atoms with Crippen LogP contribution in [-0.2, 0) is 0 Å². The Morgan fingerprint density at radius 1 is 0.727 bits per heavy atom. The molecule has 0 heterocycles. The summed E-state index contributed by atoms with van der Waals surface area (Å²) in [4.78, 5) is 12.8. The van der Waals surface area contributed by atoms with E-state index in [1.807, 2.05) is 54.6 Å². The Bertz CT molecular complexity index is 826. The predicted molar refractivity (Wildman–Crippen MR) is 91.8 cm³/mol. The maximum atomic E-state index is 12.8. The number of carbonyl (C=O) groups is 1. The van der Waals surface area contributed by atoms with Gasteiger partial charge in [-0.3, -0.25) is 4.79 Å². The van der Waals surface area contributed by atoms with Crippen molar-refractivity contribution in [2.45, 2.75) is 0 Å². The summed E-state index contributed by atoms with van der Waals surface area (Å²) in [6.07, 6.45) is 0. The Kier molecular flexibility index (Phi) is 4.28. The summed E-state index contributed by atoms with van der Waals surface area (Å²) in [6.45, 7) is 0. The number of carbonyl (C=O) groups excluding carboxylic acids is 1. The van der Waals surface area contributed by atoms with E-state index in [4.69, 9.17) is 23.2 Å². The lowest BCUT2D eigenvalue weighted by molar-refractivity contribution is 0.103. The highest BCUT2D eigenvalue weighted by Gasteiger charge is 2.17. The molecule has 0 saturated heterocycles. The molecule has 3 aromatic rings. The number of hydrogen-bond acceptors (Lipinski definition) is 1. The fourth-order valence-electron chi connectivity index (χ4n) is 2.37. The second kappa shape index (κ2) is 6.35. The zero-order valence-corrected chi connectivity index (χ0v) is 13.1. The lowest BCUT2D eigenvalue weighted by Crippen LogP contribution is -2.04. The molecule has 3 aromatic carbocycles. The molecule has 0 aliphatic rings. The minimum atomic E-state index is -0.110. The number of ketones is 1. The van der Waals surface area contributed by atoms with E-state index in [1.54, 1.807) is 18.2 Å². The van der Waals surface area contributed by atoms with E-state index in [0.717, 1.165) is 11.1 Å². The highest BCUT2D eigenvalue weighted by molar-refractivity contribution is 6.37. The molecular formula is C19H12Cl2O. The maximum absolute atomic E-state index is 12.8. The average Bonchev–Trinajstić information content (AvgIpc) is 2.55. The largest absolute Gasteiger partial charge is 0.289 e. The van der Waals surface area contributed by atoms with Crippen molar-refractivity contribution >= 4 is 29.0 Å². The second-order valence-electron chi connectivity index (χ2n) is 4.86. The van der Waals surface area contributed by atoms with Crippen molar-refractivity contribution in [3.63, 3.8) is 0 Å². The van der Waals surface area contributed by atoms with Gasteiger partial charge >= 0.3 is 0 Å². The summed E-state index contributed by atoms with van der Waals surface area (Å²) in [7, 11) is 0. The second-order valence-corrected chi connectivity index (χ2v) is 5.71. The third kappa shape index (κ3) is 2.92. The Morgan fingerprint density at radius 2 is 1.41 bits per heavy atom. The summed E-state index contributed by atoms with van der Waals surface area (Å²) in [6, 6.07) is 22.3. The summed E-state index contributed by atoms with van der Waals surface area (Å²) >= 11 is 12.1. The average molecular weight is 327 g/mol. The summed E-state index contributed by atoms with van der Waals surface area (Å²) in [5.41, 5.74) is 2.96. The van der Waals surface area contributed by atoms with Gasteiger partial charge in [0.15, 0.2) is 5.78 Å². The van der Waals surface area contributed by atoms with Gasteiger partial charge in [0.05, 0.1) is 5.02 Å². The van der Waals surface area contributed by atoms with Crippen LogP contribution in [0.1, 0.15) is 15.9 Å². The van der Waals surface area contributed by atoms with E-state index in [9.17, 15) is 4.79 Å². The molecule has 0 fully saturated rings. The maximum Gasteiger partial charge on any atom is 0.195 e. The molecule has 0 radical (unpaired) electrons. The molecule has 3 rings (SSSR count). The highest BCUT2D eigenvalue weighted by atomic mass is 35.5. The van der Waals surface area contributed by atoms with Gasteiger partial charge in [0, 0.05) is 16.1 Å². The number of halogens is 2. The fourth-order valence-corrected chi connectivity index (χ4v) is 2.86. The lowest BCUT2D eigenvalue weighted by Gasteiger charge is -2.10. The van der Waals surface area contributed by atoms with Crippen LogP contribution in [0, 0.1) is 0 Å². The van der Waals surface area contributed by atoms with E-state index in [-0.39, 0.29) is 5.78 Å². The molecule has 0 saturated carbocycles. The minimum absolute atomic E-state index is 0.110. The van der Waals surface area contributed by atoms with Crippen molar-refractivity contribution < 1.29 is 4.79 Å². The first-order valence-electron chi connectivity index (χ1n) is 6.81. The van der Waals surface area contributed by atoms with Gasteiger partial charge in [0.2, 0.25) is 0 Å². The van der Waals surface area contributed by atoms with Crippen LogP contribution in [0.3, 0.4) is 0 Å².